The Morgan fingerprint density at radius 2 is 1.97 bits per heavy atom. The second kappa shape index (κ2) is 11.9. The van der Waals surface area contributed by atoms with Crippen LogP contribution in [0, 0.1) is 5.92 Å². The lowest BCUT2D eigenvalue weighted by Gasteiger charge is -2.21. The van der Waals surface area contributed by atoms with Gasteiger partial charge in [-0.05, 0) is 66.4 Å². The summed E-state index contributed by atoms with van der Waals surface area (Å²) in [5.74, 6) is 1.44. The van der Waals surface area contributed by atoms with Gasteiger partial charge in [0.05, 0.1) is 16.6 Å². The quantitative estimate of drug-likeness (QED) is 0.320. The van der Waals surface area contributed by atoms with Crippen molar-refractivity contribution in [2.75, 3.05) is 17.3 Å². The van der Waals surface area contributed by atoms with Crippen LogP contribution in [-0.4, -0.2) is 50.1 Å². The van der Waals surface area contributed by atoms with Gasteiger partial charge in [0.1, 0.15) is 5.78 Å². The van der Waals surface area contributed by atoms with Crippen LogP contribution in [0.2, 0.25) is 0 Å². The minimum Gasteiger partial charge on any atom is -0.481 e. The largest absolute Gasteiger partial charge is 0.481 e. The number of rotatable bonds is 12. The van der Waals surface area contributed by atoms with Crippen molar-refractivity contribution in [3.63, 3.8) is 0 Å². The van der Waals surface area contributed by atoms with E-state index in [9.17, 15) is 14.7 Å². The molecule has 1 unspecified atom stereocenters. The second-order valence-electron chi connectivity index (χ2n) is 8.66. The predicted molar refractivity (Wildman–Crippen MR) is 136 cm³/mol. The lowest BCUT2D eigenvalue weighted by Crippen LogP contribution is -2.23. The molecule has 0 amide bonds. The average Bonchev–Trinajstić information content (AvgIpc) is 3.12. The molecule has 1 aliphatic rings. The highest BCUT2D eigenvalue weighted by molar-refractivity contribution is 8.01. The van der Waals surface area contributed by atoms with E-state index in [4.69, 9.17) is 5.11 Å². The summed E-state index contributed by atoms with van der Waals surface area (Å²) in [5.41, 5.74) is 0.294. The van der Waals surface area contributed by atoms with Gasteiger partial charge in [-0.15, -0.1) is 11.8 Å². The van der Waals surface area contributed by atoms with E-state index in [1.807, 2.05) is 31.2 Å². The minimum absolute atomic E-state index is 0.0491. The Morgan fingerprint density at radius 3 is 2.75 bits per heavy atom. The molecule has 2 N–H and O–H groups in total. The van der Waals surface area contributed by atoms with E-state index in [1.165, 1.54) is 28.1 Å². The predicted octanol–water partition coefficient (Wildman–Crippen LogP) is 5.37. The van der Waals surface area contributed by atoms with Crippen LogP contribution in [0.4, 0.5) is 0 Å². The van der Waals surface area contributed by atoms with E-state index in [2.05, 4.69) is 30.3 Å². The summed E-state index contributed by atoms with van der Waals surface area (Å²) in [7, 11) is 0. The monoisotopic (exact) mass is 472 g/mol. The van der Waals surface area contributed by atoms with Crippen molar-refractivity contribution >= 4 is 46.0 Å². The number of carboxylic acid groups (broad SMARTS) is 1. The van der Waals surface area contributed by atoms with E-state index < -0.39 is 11.6 Å². The van der Waals surface area contributed by atoms with Crippen molar-refractivity contribution in [2.24, 2.45) is 5.92 Å². The van der Waals surface area contributed by atoms with E-state index in [0.717, 1.165) is 30.8 Å². The van der Waals surface area contributed by atoms with Crippen LogP contribution < -0.4 is 0 Å². The Balaban J connectivity index is 1.48. The van der Waals surface area contributed by atoms with E-state index in [1.54, 1.807) is 11.8 Å². The van der Waals surface area contributed by atoms with Gasteiger partial charge in [-0.1, -0.05) is 54.6 Å². The number of aryl methyl sites for hydroxylation is 1. The summed E-state index contributed by atoms with van der Waals surface area (Å²) in [5, 5.41) is 22.0. The van der Waals surface area contributed by atoms with Crippen LogP contribution in [-0.2, 0) is 16.0 Å². The van der Waals surface area contributed by atoms with Gasteiger partial charge in [-0.3, -0.25) is 9.59 Å². The molecule has 1 aliphatic carbocycles. The summed E-state index contributed by atoms with van der Waals surface area (Å²) in [6.45, 7) is 1.84. The molecule has 0 aliphatic heterocycles. The molecule has 4 nitrogen and oxygen atoms in total. The molecule has 0 radical (unpaired) electrons. The maximum Gasteiger partial charge on any atom is 0.313 e. The third-order valence-electron chi connectivity index (χ3n) is 5.82. The fourth-order valence-electron chi connectivity index (χ4n) is 3.99. The zero-order chi connectivity index (χ0) is 23.0. The molecule has 1 fully saturated rings. The number of hydrogen-bond donors (Lipinski definition) is 2. The Morgan fingerprint density at radius 1 is 1.19 bits per heavy atom. The number of carbonyl (C=O) groups is 2. The Kier molecular flexibility index (Phi) is 9.26. The molecule has 172 valence electrons. The molecular formula is C26H32O4S2. The highest BCUT2D eigenvalue weighted by Crippen LogP contribution is 2.34. The molecule has 2 aromatic rings. The van der Waals surface area contributed by atoms with Crippen molar-refractivity contribution < 1.29 is 19.8 Å². The number of fused-ring (bicyclic) bond motifs is 1. The van der Waals surface area contributed by atoms with E-state index in [-0.39, 0.29) is 16.9 Å². The third-order valence-corrected chi connectivity index (χ3v) is 8.35. The Labute approximate surface area is 198 Å². The fraction of sp³-hybridized carbons (Fsp3) is 0.462. The number of benzene rings is 2. The number of aliphatic hydroxyl groups is 1. The van der Waals surface area contributed by atoms with E-state index >= 15 is 0 Å². The molecule has 32 heavy (non-hydrogen) atoms. The smallest absolute Gasteiger partial charge is 0.313 e. The standard InChI is InChI=1S/C26H32O4S2/c1-26(30,13-11-19-7-8-20-5-2-3-6-22(20)17-19)14-12-21-9-10-23(27)25(21)32-16-4-15-31-18-24(28)29/h2-3,5-8,12,14,17,21,25,30H,4,9-11,13,15-16,18H2,1H3,(H,28,29)/t21-,25-,26?/m1/s1. The number of thioether (sulfide) groups is 2. The summed E-state index contributed by atoms with van der Waals surface area (Å²) in [4.78, 5) is 22.9. The van der Waals surface area contributed by atoms with Crippen molar-refractivity contribution in [3.05, 3.63) is 60.2 Å². The van der Waals surface area contributed by atoms with Crippen LogP contribution in [0.15, 0.2) is 54.6 Å². The first-order valence-corrected chi connectivity index (χ1v) is 13.4. The SMILES string of the molecule is CC(O)(C=C[C@H]1CCC(=O)[C@@H]1SCCCSCC(=O)O)CCc1ccc2ccccc2c1. The topological polar surface area (TPSA) is 74.6 Å². The van der Waals surface area contributed by atoms with Crippen LogP contribution >= 0.6 is 23.5 Å². The number of carbonyl (C=O) groups excluding carboxylic acids is 1. The van der Waals surface area contributed by atoms with Crippen molar-refractivity contribution in [1.82, 2.24) is 0 Å². The second-order valence-corrected chi connectivity index (χ2v) is 11.0. The molecule has 0 heterocycles. The van der Waals surface area contributed by atoms with Gasteiger partial charge in [0.15, 0.2) is 0 Å². The lowest BCUT2D eigenvalue weighted by molar-refractivity contribution is -0.133. The highest BCUT2D eigenvalue weighted by Gasteiger charge is 2.33. The molecule has 0 saturated heterocycles. The first-order chi connectivity index (χ1) is 15.3. The van der Waals surface area contributed by atoms with Gasteiger partial charge in [-0.2, -0.15) is 11.8 Å². The molecule has 6 heteroatoms. The molecular weight excluding hydrogens is 440 g/mol. The van der Waals surface area contributed by atoms with Gasteiger partial charge in [0.25, 0.3) is 0 Å². The number of carboxylic acids is 1. The molecule has 0 aromatic heterocycles. The molecule has 0 spiro atoms. The van der Waals surface area contributed by atoms with Crippen LogP contribution in [0.25, 0.3) is 10.8 Å². The number of ketones is 1. The summed E-state index contributed by atoms with van der Waals surface area (Å²) >= 11 is 3.10. The third kappa shape index (κ3) is 7.68. The molecule has 3 rings (SSSR count). The molecule has 1 saturated carbocycles. The molecule has 3 atom stereocenters. The summed E-state index contributed by atoms with van der Waals surface area (Å²) in [6.07, 6.45) is 7.67. The molecule has 0 bridgehead atoms. The average molecular weight is 473 g/mol. The number of allylic oxidation sites excluding steroid dienone is 1. The van der Waals surface area contributed by atoms with Crippen molar-refractivity contribution in [1.29, 1.82) is 0 Å². The zero-order valence-corrected chi connectivity index (χ0v) is 20.2. The fourth-order valence-corrected chi connectivity index (χ4v) is 6.18. The minimum atomic E-state index is -0.917. The Bertz CT molecular complexity index is 954. The highest BCUT2D eigenvalue weighted by atomic mass is 32.2. The lowest BCUT2D eigenvalue weighted by atomic mass is 9.93. The summed E-state index contributed by atoms with van der Waals surface area (Å²) < 4.78 is 0. The van der Waals surface area contributed by atoms with E-state index in [0.29, 0.717) is 18.6 Å². The van der Waals surface area contributed by atoms with Crippen LogP contribution in [0.1, 0.15) is 38.2 Å². The summed E-state index contributed by atoms with van der Waals surface area (Å²) in [6, 6.07) is 14.7. The van der Waals surface area contributed by atoms with Gasteiger partial charge in [0.2, 0.25) is 0 Å². The van der Waals surface area contributed by atoms with Gasteiger partial charge in [-0.25, -0.2) is 0 Å². The first-order valence-electron chi connectivity index (χ1n) is 11.2. The number of Topliss-reactive ketones (excluding diaryl/α,β-unsaturated/α-hetero) is 1. The normalized spacial score (nSPS) is 20.8. The Hall–Kier alpha value is -1.76. The van der Waals surface area contributed by atoms with Crippen molar-refractivity contribution in [3.8, 4) is 0 Å². The van der Waals surface area contributed by atoms with Gasteiger partial charge >= 0.3 is 5.97 Å². The van der Waals surface area contributed by atoms with Crippen LogP contribution in [0.3, 0.4) is 0 Å². The van der Waals surface area contributed by atoms with Gasteiger partial charge < -0.3 is 10.2 Å². The molecule has 2 aromatic carbocycles. The number of hydrogen-bond acceptors (Lipinski definition) is 5. The maximum absolute atomic E-state index is 12.3. The van der Waals surface area contributed by atoms with Crippen LogP contribution in [0.5, 0.6) is 0 Å². The maximum atomic E-state index is 12.3. The first kappa shape index (κ1) is 24.9. The zero-order valence-electron chi connectivity index (χ0n) is 18.5. The van der Waals surface area contributed by atoms with Gasteiger partial charge in [0, 0.05) is 6.42 Å². The number of aliphatic carboxylic acids is 1. The van der Waals surface area contributed by atoms with Crippen molar-refractivity contribution in [2.45, 2.75) is 49.9 Å².